The van der Waals surface area contributed by atoms with E-state index in [0.717, 1.165) is 13.0 Å². The Hall–Kier alpha value is -0.610. The predicted octanol–water partition coefficient (Wildman–Crippen LogP) is 0.705. The van der Waals surface area contributed by atoms with Gasteiger partial charge in [0, 0.05) is 19.7 Å². The maximum absolute atomic E-state index is 10.5. The number of rotatable bonds is 7. The summed E-state index contributed by atoms with van der Waals surface area (Å²) in [7, 11) is 0. The molecule has 0 aliphatic heterocycles. The molecule has 0 aliphatic carbocycles. The van der Waals surface area contributed by atoms with Crippen molar-refractivity contribution >= 4 is 5.97 Å². The van der Waals surface area contributed by atoms with E-state index in [-0.39, 0.29) is 17.9 Å². The third kappa shape index (κ3) is 5.94. The van der Waals surface area contributed by atoms with Crippen LogP contribution in [0, 0.1) is 11.3 Å². The molecule has 14 heavy (non-hydrogen) atoms. The summed E-state index contributed by atoms with van der Waals surface area (Å²) in [6.45, 7) is 7.14. The topological polar surface area (TPSA) is 69.6 Å². The lowest BCUT2D eigenvalue weighted by Gasteiger charge is -2.24. The minimum Gasteiger partial charge on any atom is -0.481 e. The van der Waals surface area contributed by atoms with Gasteiger partial charge >= 0.3 is 5.97 Å². The van der Waals surface area contributed by atoms with Crippen molar-refractivity contribution in [3.8, 4) is 0 Å². The van der Waals surface area contributed by atoms with E-state index in [1.165, 1.54) is 0 Å². The molecule has 84 valence electrons. The maximum Gasteiger partial charge on any atom is 0.307 e. The molecule has 0 rings (SSSR count). The quantitative estimate of drug-likeness (QED) is 0.570. The summed E-state index contributed by atoms with van der Waals surface area (Å²) in [6.07, 6.45) is 0.724. The highest BCUT2D eigenvalue weighted by Gasteiger charge is 2.17. The lowest BCUT2D eigenvalue weighted by molar-refractivity contribution is -0.140. The highest BCUT2D eigenvalue weighted by molar-refractivity contribution is 5.69. The normalized spacial score (nSPS) is 14.0. The van der Waals surface area contributed by atoms with Gasteiger partial charge in [-0.15, -0.1) is 0 Å². The van der Waals surface area contributed by atoms with Crippen molar-refractivity contribution < 1.29 is 15.0 Å². The molecule has 0 aliphatic rings. The van der Waals surface area contributed by atoms with Crippen LogP contribution in [-0.2, 0) is 4.79 Å². The van der Waals surface area contributed by atoms with Crippen molar-refractivity contribution in [2.24, 2.45) is 11.3 Å². The number of carbonyl (C=O) groups is 1. The van der Waals surface area contributed by atoms with Crippen LogP contribution in [0.25, 0.3) is 0 Å². The van der Waals surface area contributed by atoms with Crippen molar-refractivity contribution in [3.63, 3.8) is 0 Å². The Labute approximate surface area is 85.3 Å². The fourth-order valence-corrected chi connectivity index (χ4v) is 1.11. The van der Waals surface area contributed by atoms with Gasteiger partial charge in [0.05, 0.1) is 5.92 Å². The summed E-state index contributed by atoms with van der Waals surface area (Å²) in [5.74, 6) is -1.14. The molecule has 0 aromatic carbocycles. The number of nitrogens with one attached hydrogen (secondary N) is 1. The number of carboxylic acids is 1. The lowest BCUT2D eigenvalue weighted by Crippen LogP contribution is -2.34. The Bertz CT molecular complexity index is 180. The first-order valence-corrected chi connectivity index (χ1v) is 4.93. The molecule has 0 bridgehead atoms. The van der Waals surface area contributed by atoms with Gasteiger partial charge in [-0.3, -0.25) is 4.79 Å². The van der Waals surface area contributed by atoms with Crippen LogP contribution in [0.3, 0.4) is 0 Å². The molecule has 0 saturated carbocycles. The second kappa shape index (κ2) is 5.98. The standard InChI is InChI=1S/C10H21NO3/c1-8(9(13)14)6-11-7-10(2,3)4-5-12/h8,11-12H,4-7H2,1-3H3,(H,13,14). The first kappa shape index (κ1) is 13.4. The zero-order valence-electron chi connectivity index (χ0n) is 9.21. The molecule has 0 saturated heterocycles. The Morgan fingerprint density at radius 2 is 2.07 bits per heavy atom. The van der Waals surface area contributed by atoms with Gasteiger partial charge in [-0.25, -0.2) is 0 Å². The van der Waals surface area contributed by atoms with E-state index in [1.807, 2.05) is 13.8 Å². The SMILES string of the molecule is CC(CNCC(C)(C)CCO)C(=O)O. The van der Waals surface area contributed by atoms with E-state index in [1.54, 1.807) is 6.92 Å². The number of aliphatic hydroxyl groups excluding tert-OH is 1. The van der Waals surface area contributed by atoms with E-state index in [0.29, 0.717) is 6.54 Å². The molecular formula is C10H21NO3. The molecule has 1 unspecified atom stereocenters. The van der Waals surface area contributed by atoms with Crippen molar-refractivity contribution in [2.75, 3.05) is 19.7 Å². The Morgan fingerprint density at radius 1 is 1.50 bits per heavy atom. The molecule has 0 spiro atoms. The van der Waals surface area contributed by atoms with Gasteiger partial charge in [0.15, 0.2) is 0 Å². The highest BCUT2D eigenvalue weighted by Crippen LogP contribution is 2.17. The average molecular weight is 203 g/mol. The van der Waals surface area contributed by atoms with Gasteiger partial charge in [-0.1, -0.05) is 20.8 Å². The number of carboxylic acid groups (broad SMARTS) is 1. The van der Waals surface area contributed by atoms with Crippen LogP contribution in [0.5, 0.6) is 0 Å². The molecule has 4 heteroatoms. The van der Waals surface area contributed by atoms with Crippen molar-refractivity contribution in [3.05, 3.63) is 0 Å². The van der Waals surface area contributed by atoms with Crippen LogP contribution in [0.15, 0.2) is 0 Å². The van der Waals surface area contributed by atoms with Gasteiger partial charge in [0.2, 0.25) is 0 Å². The van der Waals surface area contributed by atoms with Gasteiger partial charge < -0.3 is 15.5 Å². The molecule has 1 atom stereocenters. The van der Waals surface area contributed by atoms with E-state index in [4.69, 9.17) is 10.2 Å². The van der Waals surface area contributed by atoms with Crippen LogP contribution >= 0.6 is 0 Å². The Kier molecular flexibility index (Phi) is 5.72. The third-order valence-corrected chi connectivity index (χ3v) is 2.26. The molecular weight excluding hydrogens is 182 g/mol. The molecule has 0 amide bonds. The maximum atomic E-state index is 10.5. The van der Waals surface area contributed by atoms with Crippen molar-refractivity contribution in [1.29, 1.82) is 0 Å². The summed E-state index contributed by atoms with van der Waals surface area (Å²) < 4.78 is 0. The van der Waals surface area contributed by atoms with Crippen LogP contribution in [-0.4, -0.2) is 35.9 Å². The molecule has 0 radical (unpaired) electrons. The first-order valence-electron chi connectivity index (χ1n) is 4.93. The monoisotopic (exact) mass is 203 g/mol. The molecule has 0 aromatic heterocycles. The largest absolute Gasteiger partial charge is 0.481 e. The van der Waals surface area contributed by atoms with Gasteiger partial charge in [-0.2, -0.15) is 0 Å². The fraction of sp³-hybridized carbons (Fsp3) is 0.900. The average Bonchev–Trinajstić information content (AvgIpc) is 2.03. The summed E-state index contributed by atoms with van der Waals surface area (Å²) in [6, 6.07) is 0. The lowest BCUT2D eigenvalue weighted by atomic mass is 9.89. The van der Waals surface area contributed by atoms with Crippen molar-refractivity contribution in [1.82, 2.24) is 5.32 Å². The molecule has 0 aromatic rings. The summed E-state index contributed by atoms with van der Waals surface area (Å²) in [4.78, 5) is 10.5. The van der Waals surface area contributed by atoms with E-state index >= 15 is 0 Å². The molecule has 0 fully saturated rings. The number of aliphatic hydroxyl groups is 1. The fourth-order valence-electron chi connectivity index (χ4n) is 1.11. The molecule has 4 nitrogen and oxygen atoms in total. The van der Waals surface area contributed by atoms with E-state index in [9.17, 15) is 4.79 Å². The van der Waals surface area contributed by atoms with Gasteiger partial charge in [0.1, 0.15) is 0 Å². The smallest absolute Gasteiger partial charge is 0.307 e. The van der Waals surface area contributed by atoms with Crippen LogP contribution in [0.2, 0.25) is 0 Å². The van der Waals surface area contributed by atoms with Crippen molar-refractivity contribution in [2.45, 2.75) is 27.2 Å². The minimum atomic E-state index is -0.780. The summed E-state index contributed by atoms with van der Waals surface area (Å²) in [5.41, 5.74) is 0.0208. The zero-order chi connectivity index (χ0) is 11.2. The zero-order valence-corrected chi connectivity index (χ0v) is 9.21. The van der Waals surface area contributed by atoms with Gasteiger partial charge in [-0.05, 0) is 11.8 Å². The second-order valence-corrected chi connectivity index (χ2v) is 4.51. The van der Waals surface area contributed by atoms with Crippen LogP contribution in [0.1, 0.15) is 27.2 Å². The third-order valence-electron chi connectivity index (χ3n) is 2.26. The number of hydrogen-bond donors (Lipinski definition) is 3. The van der Waals surface area contributed by atoms with E-state index < -0.39 is 5.97 Å². The molecule has 3 N–H and O–H groups in total. The summed E-state index contributed by atoms with van der Waals surface area (Å²) >= 11 is 0. The van der Waals surface area contributed by atoms with Crippen LogP contribution < -0.4 is 5.32 Å². The number of hydrogen-bond acceptors (Lipinski definition) is 3. The van der Waals surface area contributed by atoms with Gasteiger partial charge in [0.25, 0.3) is 0 Å². The molecule has 0 heterocycles. The highest BCUT2D eigenvalue weighted by atomic mass is 16.4. The van der Waals surface area contributed by atoms with E-state index in [2.05, 4.69) is 5.32 Å². The second-order valence-electron chi connectivity index (χ2n) is 4.51. The Morgan fingerprint density at radius 3 is 2.50 bits per heavy atom. The summed E-state index contributed by atoms with van der Waals surface area (Å²) in [5, 5.41) is 20.5. The van der Waals surface area contributed by atoms with Crippen LogP contribution in [0.4, 0.5) is 0 Å². The minimum absolute atomic E-state index is 0.0208. The Balaban J connectivity index is 3.67. The predicted molar refractivity (Wildman–Crippen MR) is 55.2 cm³/mol. The first-order chi connectivity index (χ1) is 6.39. The number of aliphatic carboxylic acids is 1.